The molecule has 1 aliphatic rings. The lowest BCUT2D eigenvalue weighted by Gasteiger charge is -2.30. The highest BCUT2D eigenvalue weighted by Gasteiger charge is 2.31. The molecule has 0 saturated heterocycles. The van der Waals surface area contributed by atoms with E-state index in [1.54, 1.807) is 19.1 Å². The molecular formula is C20H20BrN3O3S. The van der Waals surface area contributed by atoms with Crippen LogP contribution in [0, 0.1) is 0 Å². The normalized spacial score (nSPS) is 16.2. The summed E-state index contributed by atoms with van der Waals surface area (Å²) >= 11 is 8.64. The average molecular weight is 462 g/mol. The molecule has 0 aliphatic carbocycles. The number of thiocarbonyl (C=S) groups is 1. The predicted octanol–water partition coefficient (Wildman–Crippen LogP) is 3.98. The van der Waals surface area contributed by atoms with E-state index in [-0.39, 0.29) is 11.7 Å². The number of allylic oxidation sites excluding steroid dienone is 1. The molecule has 146 valence electrons. The summed E-state index contributed by atoms with van der Waals surface area (Å²) in [4.78, 5) is 13.0. The second-order valence-electron chi connectivity index (χ2n) is 6.17. The number of hydrogen-bond acceptors (Lipinski definition) is 4. The molecule has 1 atom stereocenters. The van der Waals surface area contributed by atoms with E-state index in [0.29, 0.717) is 38.9 Å². The van der Waals surface area contributed by atoms with Gasteiger partial charge >= 0.3 is 0 Å². The Morgan fingerprint density at radius 2 is 2.04 bits per heavy atom. The Kier molecular flexibility index (Phi) is 6.21. The smallest absolute Gasteiger partial charge is 0.255 e. The quantitative estimate of drug-likeness (QED) is 0.504. The van der Waals surface area contributed by atoms with Crippen LogP contribution in [-0.4, -0.2) is 22.7 Å². The number of halogens is 1. The van der Waals surface area contributed by atoms with Crippen molar-refractivity contribution in [2.24, 2.45) is 0 Å². The third kappa shape index (κ3) is 4.28. The molecule has 3 rings (SSSR count). The average Bonchev–Trinajstić information content (AvgIpc) is 2.65. The van der Waals surface area contributed by atoms with Crippen LogP contribution in [0.1, 0.15) is 25.5 Å². The van der Waals surface area contributed by atoms with E-state index in [2.05, 4.69) is 31.9 Å². The van der Waals surface area contributed by atoms with Gasteiger partial charge in [0.1, 0.15) is 0 Å². The lowest BCUT2D eigenvalue weighted by atomic mass is 9.94. The maximum atomic E-state index is 13.0. The molecule has 0 bridgehead atoms. The van der Waals surface area contributed by atoms with Crippen LogP contribution in [0.4, 0.5) is 5.69 Å². The number of para-hydroxylation sites is 1. The number of ether oxygens (including phenoxy) is 1. The van der Waals surface area contributed by atoms with Crippen molar-refractivity contribution < 1.29 is 14.6 Å². The number of aromatic hydroxyl groups is 1. The van der Waals surface area contributed by atoms with Crippen molar-refractivity contribution in [1.29, 1.82) is 0 Å². The number of hydrogen-bond donors (Lipinski definition) is 4. The Bertz CT molecular complexity index is 947. The van der Waals surface area contributed by atoms with Gasteiger partial charge < -0.3 is 25.8 Å². The summed E-state index contributed by atoms with van der Waals surface area (Å²) in [5, 5.41) is 19.7. The monoisotopic (exact) mass is 461 g/mol. The van der Waals surface area contributed by atoms with Gasteiger partial charge in [-0.2, -0.15) is 0 Å². The van der Waals surface area contributed by atoms with Crippen molar-refractivity contribution in [3.63, 3.8) is 0 Å². The lowest BCUT2D eigenvalue weighted by molar-refractivity contribution is -0.113. The van der Waals surface area contributed by atoms with Crippen LogP contribution in [0.2, 0.25) is 0 Å². The van der Waals surface area contributed by atoms with Crippen LogP contribution in [0.5, 0.6) is 11.5 Å². The van der Waals surface area contributed by atoms with Crippen molar-refractivity contribution in [1.82, 2.24) is 10.6 Å². The molecule has 6 nitrogen and oxygen atoms in total. The van der Waals surface area contributed by atoms with Gasteiger partial charge in [0, 0.05) is 11.4 Å². The topological polar surface area (TPSA) is 82.6 Å². The number of amides is 1. The number of carbonyl (C=O) groups is 1. The van der Waals surface area contributed by atoms with E-state index < -0.39 is 6.04 Å². The molecule has 1 heterocycles. The third-order valence-electron chi connectivity index (χ3n) is 4.23. The van der Waals surface area contributed by atoms with E-state index in [4.69, 9.17) is 17.0 Å². The first-order valence-electron chi connectivity index (χ1n) is 8.70. The molecule has 8 heteroatoms. The van der Waals surface area contributed by atoms with Crippen LogP contribution < -0.4 is 20.7 Å². The van der Waals surface area contributed by atoms with Crippen molar-refractivity contribution in [3.05, 3.63) is 63.8 Å². The SMILES string of the molecule is CCOc1cc([C@H]2NC(=S)NC(C)=C2C(=O)Nc2ccccc2)cc(Br)c1O. The Morgan fingerprint density at radius 3 is 2.71 bits per heavy atom. The van der Waals surface area contributed by atoms with Crippen LogP contribution in [0.25, 0.3) is 0 Å². The van der Waals surface area contributed by atoms with E-state index >= 15 is 0 Å². The van der Waals surface area contributed by atoms with Gasteiger partial charge in [-0.1, -0.05) is 18.2 Å². The summed E-state index contributed by atoms with van der Waals surface area (Å²) in [7, 11) is 0. The van der Waals surface area contributed by atoms with Gasteiger partial charge in [-0.3, -0.25) is 4.79 Å². The highest BCUT2D eigenvalue weighted by molar-refractivity contribution is 9.10. The maximum Gasteiger partial charge on any atom is 0.255 e. The fourth-order valence-electron chi connectivity index (χ4n) is 2.99. The van der Waals surface area contributed by atoms with Crippen LogP contribution in [0.15, 0.2) is 58.2 Å². The van der Waals surface area contributed by atoms with E-state index in [9.17, 15) is 9.90 Å². The first-order valence-corrected chi connectivity index (χ1v) is 9.90. The largest absolute Gasteiger partial charge is 0.503 e. The number of nitrogens with one attached hydrogen (secondary N) is 3. The van der Waals surface area contributed by atoms with Crippen LogP contribution in [-0.2, 0) is 4.79 Å². The van der Waals surface area contributed by atoms with Gasteiger partial charge in [0.15, 0.2) is 16.6 Å². The van der Waals surface area contributed by atoms with Crippen LogP contribution >= 0.6 is 28.1 Å². The molecule has 1 amide bonds. The summed E-state index contributed by atoms with van der Waals surface area (Å²) in [5.74, 6) is 0.0926. The molecule has 28 heavy (non-hydrogen) atoms. The van der Waals surface area contributed by atoms with Gasteiger partial charge in [0.2, 0.25) is 0 Å². The molecule has 0 unspecified atom stereocenters. The van der Waals surface area contributed by atoms with Gasteiger partial charge in [0.25, 0.3) is 5.91 Å². The van der Waals surface area contributed by atoms with Crippen LogP contribution in [0.3, 0.4) is 0 Å². The molecule has 0 saturated carbocycles. The fraction of sp³-hybridized carbons (Fsp3) is 0.200. The minimum atomic E-state index is -0.506. The van der Waals surface area contributed by atoms with Crippen molar-refractivity contribution in [2.45, 2.75) is 19.9 Å². The minimum Gasteiger partial charge on any atom is -0.503 e. The summed E-state index contributed by atoms with van der Waals surface area (Å²) in [6.07, 6.45) is 0. The lowest BCUT2D eigenvalue weighted by Crippen LogP contribution is -2.45. The molecule has 1 aliphatic heterocycles. The molecule has 0 fully saturated rings. The predicted molar refractivity (Wildman–Crippen MR) is 116 cm³/mol. The number of carbonyl (C=O) groups excluding carboxylic acids is 1. The Hall–Kier alpha value is -2.58. The molecule has 2 aromatic rings. The van der Waals surface area contributed by atoms with E-state index in [1.807, 2.05) is 37.3 Å². The van der Waals surface area contributed by atoms with Crippen molar-refractivity contribution >= 4 is 44.9 Å². The summed E-state index contributed by atoms with van der Waals surface area (Å²) < 4.78 is 5.99. The molecule has 0 radical (unpaired) electrons. The summed E-state index contributed by atoms with van der Waals surface area (Å²) in [5.41, 5.74) is 2.58. The Labute approximate surface area is 177 Å². The third-order valence-corrected chi connectivity index (χ3v) is 5.05. The minimum absolute atomic E-state index is 0.0121. The number of anilines is 1. The van der Waals surface area contributed by atoms with Gasteiger partial charge in [-0.25, -0.2) is 0 Å². The number of rotatable bonds is 5. The number of phenolic OH excluding ortho intramolecular Hbond substituents is 1. The second kappa shape index (κ2) is 8.62. The van der Waals surface area contributed by atoms with Gasteiger partial charge in [-0.15, -0.1) is 0 Å². The zero-order valence-corrected chi connectivity index (χ0v) is 17.8. The molecule has 2 aromatic carbocycles. The molecule has 4 N–H and O–H groups in total. The second-order valence-corrected chi connectivity index (χ2v) is 7.44. The van der Waals surface area contributed by atoms with Crippen molar-refractivity contribution in [3.8, 4) is 11.5 Å². The summed E-state index contributed by atoms with van der Waals surface area (Å²) in [6, 6.07) is 12.2. The van der Waals surface area contributed by atoms with E-state index in [1.165, 1.54) is 0 Å². The summed E-state index contributed by atoms with van der Waals surface area (Å²) in [6.45, 7) is 4.04. The fourth-order valence-corrected chi connectivity index (χ4v) is 3.72. The van der Waals surface area contributed by atoms with E-state index in [0.717, 1.165) is 5.56 Å². The van der Waals surface area contributed by atoms with Gasteiger partial charge in [0.05, 0.1) is 22.7 Å². The Balaban J connectivity index is 2.01. The molecular weight excluding hydrogens is 442 g/mol. The molecule has 0 aromatic heterocycles. The zero-order valence-electron chi connectivity index (χ0n) is 15.4. The van der Waals surface area contributed by atoms with Crippen molar-refractivity contribution in [2.75, 3.05) is 11.9 Å². The highest BCUT2D eigenvalue weighted by atomic mass is 79.9. The molecule has 0 spiro atoms. The number of phenols is 1. The number of benzene rings is 2. The standard InChI is InChI=1S/C20H20BrN3O3S/c1-3-27-15-10-12(9-14(21)18(15)25)17-16(11(2)22-20(28)24-17)19(26)23-13-7-5-4-6-8-13/h4-10,17,25H,3H2,1-2H3,(H,23,26)(H2,22,24,28)/t17-/m1/s1. The first kappa shape index (κ1) is 20.2. The zero-order chi connectivity index (χ0) is 20.3. The first-order chi connectivity index (χ1) is 13.4. The Morgan fingerprint density at radius 1 is 1.32 bits per heavy atom. The highest BCUT2D eigenvalue weighted by Crippen LogP contribution is 2.39. The van der Waals surface area contributed by atoms with Gasteiger partial charge in [-0.05, 0) is 71.8 Å². The maximum absolute atomic E-state index is 13.0.